The van der Waals surface area contributed by atoms with Gasteiger partial charge in [0.1, 0.15) is 17.5 Å². The van der Waals surface area contributed by atoms with Crippen LogP contribution in [-0.2, 0) is 16.1 Å². The molecule has 0 aliphatic carbocycles. The van der Waals surface area contributed by atoms with E-state index in [9.17, 15) is 15.0 Å². The molecular formula is C18H21NO5. The van der Waals surface area contributed by atoms with Gasteiger partial charge >= 0.3 is 5.97 Å². The summed E-state index contributed by atoms with van der Waals surface area (Å²) in [5.74, 6) is 0.477. The van der Waals surface area contributed by atoms with Crippen LogP contribution in [0, 0.1) is 0 Å². The molecule has 1 saturated heterocycles. The van der Waals surface area contributed by atoms with Crippen LogP contribution < -0.4 is 4.74 Å². The zero-order valence-electron chi connectivity index (χ0n) is 13.7. The average molecular weight is 331 g/mol. The van der Waals surface area contributed by atoms with Crippen LogP contribution in [0.3, 0.4) is 0 Å². The highest BCUT2D eigenvalue weighted by atomic mass is 16.5. The lowest BCUT2D eigenvalue weighted by Gasteiger charge is -2.23. The minimum atomic E-state index is -0.583. The Morgan fingerprint density at radius 3 is 2.75 bits per heavy atom. The molecule has 3 rings (SSSR count). The van der Waals surface area contributed by atoms with Gasteiger partial charge < -0.3 is 19.7 Å². The van der Waals surface area contributed by atoms with Crippen molar-refractivity contribution < 1.29 is 24.5 Å². The van der Waals surface area contributed by atoms with E-state index < -0.39 is 12.1 Å². The number of carbonyl (C=O) groups excluding carboxylic acids is 1. The molecular weight excluding hydrogens is 310 g/mol. The summed E-state index contributed by atoms with van der Waals surface area (Å²) < 4.78 is 10.1. The van der Waals surface area contributed by atoms with Crippen molar-refractivity contribution in [1.82, 2.24) is 4.90 Å². The molecule has 2 N–H and O–H groups in total. The number of aliphatic hydroxyl groups is 1. The SMILES string of the molecule is COC(=O)[C@@H]1C[C@@H](O)CN1Cc1c(O)ccc2ccc(OC)cc12. The molecule has 0 amide bonds. The molecule has 128 valence electrons. The van der Waals surface area contributed by atoms with Gasteiger partial charge in [-0.3, -0.25) is 9.69 Å². The molecule has 6 heteroatoms. The van der Waals surface area contributed by atoms with Gasteiger partial charge in [-0.15, -0.1) is 0 Å². The third kappa shape index (κ3) is 3.02. The number of β-amino-alcohol motifs (C(OH)–C–C–N with tert-alkyl or cyclic N) is 1. The summed E-state index contributed by atoms with van der Waals surface area (Å²) in [5.41, 5.74) is 0.703. The van der Waals surface area contributed by atoms with Gasteiger partial charge in [-0.25, -0.2) is 0 Å². The molecule has 0 aromatic heterocycles. The van der Waals surface area contributed by atoms with Crippen molar-refractivity contribution in [1.29, 1.82) is 0 Å². The molecule has 2 aromatic carbocycles. The molecule has 2 aromatic rings. The summed E-state index contributed by atoms with van der Waals surface area (Å²) in [6.07, 6.45) is -0.248. The third-order valence-electron chi connectivity index (χ3n) is 4.53. The highest BCUT2D eigenvalue weighted by Gasteiger charge is 2.37. The Hall–Kier alpha value is -2.31. The number of likely N-dealkylation sites (tertiary alicyclic amines) is 1. The lowest BCUT2D eigenvalue weighted by atomic mass is 10.0. The number of aromatic hydroxyl groups is 1. The second kappa shape index (κ2) is 6.67. The second-order valence-corrected chi connectivity index (χ2v) is 6.01. The molecule has 2 atom stereocenters. The van der Waals surface area contributed by atoms with Crippen molar-refractivity contribution in [2.45, 2.75) is 25.1 Å². The van der Waals surface area contributed by atoms with E-state index >= 15 is 0 Å². The van der Waals surface area contributed by atoms with Gasteiger partial charge in [0, 0.05) is 25.1 Å². The first kappa shape index (κ1) is 16.5. The Balaban J connectivity index is 1.99. The number of phenolic OH excluding ortho intramolecular Hbond substituents is 1. The molecule has 0 bridgehead atoms. The number of methoxy groups -OCH3 is 2. The number of phenols is 1. The average Bonchev–Trinajstić information content (AvgIpc) is 2.96. The first-order valence-corrected chi connectivity index (χ1v) is 7.82. The minimum Gasteiger partial charge on any atom is -0.508 e. The summed E-state index contributed by atoms with van der Waals surface area (Å²) in [7, 11) is 2.93. The maximum absolute atomic E-state index is 12.0. The number of carbonyl (C=O) groups is 1. The van der Waals surface area contributed by atoms with Crippen molar-refractivity contribution in [3.63, 3.8) is 0 Å². The van der Waals surface area contributed by atoms with E-state index in [1.165, 1.54) is 7.11 Å². The van der Waals surface area contributed by atoms with E-state index in [-0.39, 0.29) is 11.7 Å². The van der Waals surface area contributed by atoms with Gasteiger partial charge in [0.2, 0.25) is 0 Å². The number of fused-ring (bicyclic) bond motifs is 1. The molecule has 1 heterocycles. The molecule has 6 nitrogen and oxygen atoms in total. The lowest BCUT2D eigenvalue weighted by Crippen LogP contribution is -2.36. The molecule has 1 aliphatic heterocycles. The normalized spacial score (nSPS) is 21.1. The van der Waals surface area contributed by atoms with Gasteiger partial charge in [-0.05, 0) is 29.0 Å². The van der Waals surface area contributed by atoms with Crippen molar-refractivity contribution in [2.75, 3.05) is 20.8 Å². The Kier molecular flexibility index (Phi) is 4.59. The predicted octanol–water partition coefficient (Wildman–Crippen LogP) is 1.66. The van der Waals surface area contributed by atoms with Gasteiger partial charge in [0.15, 0.2) is 0 Å². The summed E-state index contributed by atoms with van der Waals surface area (Å²) in [4.78, 5) is 13.8. The molecule has 1 fully saturated rings. The zero-order valence-corrected chi connectivity index (χ0v) is 13.7. The Labute approximate surface area is 140 Å². The fourth-order valence-corrected chi connectivity index (χ4v) is 3.28. The monoisotopic (exact) mass is 331 g/mol. The number of benzene rings is 2. The highest BCUT2D eigenvalue weighted by Crippen LogP contribution is 2.33. The summed E-state index contributed by atoms with van der Waals surface area (Å²) >= 11 is 0. The number of nitrogens with zero attached hydrogens (tertiary/aromatic N) is 1. The smallest absolute Gasteiger partial charge is 0.323 e. The largest absolute Gasteiger partial charge is 0.508 e. The van der Waals surface area contributed by atoms with Crippen molar-refractivity contribution in [2.24, 2.45) is 0 Å². The standard InChI is InChI=1S/C18H21NO5/c1-23-13-5-3-11-4-6-17(21)15(14(11)8-13)10-19-9-12(20)7-16(19)18(22)24-2/h3-6,8,12,16,20-21H,7,9-10H2,1-2H3/t12-,16+/m1/s1. The number of hydrogen-bond acceptors (Lipinski definition) is 6. The zero-order chi connectivity index (χ0) is 17.3. The molecule has 1 aliphatic rings. The van der Waals surface area contributed by atoms with Gasteiger partial charge in [-0.1, -0.05) is 12.1 Å². The van der Waals surface area contributed by atoms with Crippen molar-refractivity contribution in [3.8, 4) is 11.5 Å². The number of ether oxygens (including phenoxy) is 2. The number of aliphatic hydroxyl groups excluding tert-OH is 1. The van der Waals surface area contributed by atoms with Crippen LogP contribution in [0.5, 0.6) is 11.5 Å². The first-order chi connectivity index (χ1) is 11.5. The Bertz CT molecular complexity index is 760. The Morgan fingerprint density at radius 2 is 2.04 bits per heavy atom. The minimum absolute atomic E-state index is 0.153. The van der Waals surface area contributed by atoms with E-state index in [1.54, 1.807) is 13.2 Å². The van der Waals surface area contributed by atoms with Crippen LogP contribution >= 0.6 is 0 Å². The van der Waals surface area contributed by atoms with Crippen LogP contribution in [0.15, 0.2) is 30.3 Å². The van der Waals surface area contributed by atoms with E-state index in [0.717, 1.165) is 10.8 Å². The van der Waals surface area contributed by atoms with Gasteiger partial charge in [-0.2, -0.15) is 0 Å². The van der Waals surface area contributed by atoms with Crippen LogP contribution in [0.2, 0.25) is 0 Å². The van der Waals surface area contributed by atoms with Crippen LogP contribution in [-0.4, -0.2) is 54.0 Å². The van der Waals surface area contributed by atoms with Crippen LogP contribution in [0.25, 0.3) is 10.8 Å². The first-order valence-electron chi connectivity index (χ1n) is 7.82. The number of esters is 1. The number of rotatable bonds is 4. The van der Waals surface area contributed by atoms with E-state index in [4.69, 9.17) is 9.47 Å². The van der Waals surface area contributed by atoms with E-state index in [2.05, 4.69) is 0 Å². The molecule has 0 spiro atoms. The topological polar surface area (TPSA) is 79.2 Å². The van der Waals surface area contributed by atoms with E-state index in [0.29, 0.717) is 30.8 Å². The highest BCUT2D eigenvalue weighted by molar-refractivity contribution is 5.89. The second-order valence-electron chi connectivity index (χ2n) is 6.01. The van der Waals surface area contributed by atoms with Crippen molar-refractivity contribution >= 4 is 16.7 Å². The van der Waals surface area contributed by atoms with Crippen LogP contribution in [0.4, 0.5) is 0 Å². The predicted molar refractivity (Wildman–Crippen MR) is 89.0 cm³/mol. The molecule has 0 unspecified atom stereocenters. The molecule has 24 heavy (non-hydrogen) atoms. The quantitative estimate of drug-likeness (QED) is 0.830. The van der Waals surface area contributed by atoms with Gasteiger partial charge in [0.25, 0.3) is 0 Å². The summed E-state index contributed by atoms with van der Waals surface area (Å²) in [6.45, 7) is 0.701. The van der Waals surface area contributed by atoms with E-state index in [1.807, 2.05) is 29.2 Å². The fraction of sp³-hybridized carbons (Fsp3) is 0.389. The third-order valence-corrected chi connectivity index (χ3v) is 4.53. The number of hydrogen-bond donors (Lipinski definition) is 2. The van der Waals surface area contributed by atoms with Crippen molar-refractivity contribution in [3.05, 3.63) is 35.9 Å². The molecule has 0 radical (unpaired) electrons. The van der Waals surface area contributed by atoms with Crippen LogP contribution in [0.1, 0.15) is 12.0 Å². The van der Waals surface area contributed by atoms with Gasteiger partial charge in [0.05, 0.1) is 20.3 Å². The molecule has 0 saturated carbocycles. The fourth-order valence-electron chi connectivity index (χ4n) is 3.28. The maximum atomic E-state index is 12.0. The summed E-state index contributed by atoms with van der Waals surface area (Å²) in [5, 5.41) is 22.1. The maximum Gasteiger partial charge on any atom is 0.323 e. The Morgan fingerprint density at radius 1 is 1.29 bits per heavy atom. The summed E-state index contributed by atoms with van der Waals surface area (Å²) in [6, 6.07) is 8.62. The lowest BCUT2D eigenvalue weighted by molar-refractivity contribution is -0.146.